The van der Waals surface area contributed by atoms with Crippen LogP contribution in [0, 0.1) is 17.8 Å². The summed E-state index contributed by atoms with van der Waals surface area (Å²) in [4.78, 5) is 38.2. The van der Waals surface area contributed by atoms with Gasteiger partial charge in [-0.05, 0) is 56.2 Å². The van der Waals surface area contributed by atoms with E-state index in [0.717, 1.165) is 5.57 Å². The topological polar surface area (TPSA) is 156 Å². The second-order valence-electron chi connectivity index (χ2n) is 9.98. The molecule has 9 nitrogen and oxygen atoms in total. The van der Waals surface area contributed by atoms with Gasteiger partial charge in [0.05, 0.1) is 31.2 Å². The second-order valence-corrected chi connectivity index (χ2v) is 9.98. The third-order valence-corrected chi connectivity index (χ3v) is 7.45. The minimum Gasteiger partial charge on any atom is -0.507 e. The van der Waals surface area contributed by atoms with Crippen LogP contribution in [0.25, 0.3) is 6.08 Å². The highest BCUT2D eigenvalue weighted by molar-refractivity contribution is 6.05. The number of allylic oxidation sites excluding steroid dienone is 1. The van der Waals surface area contributed by atoms with Crippen molar-refractivity contribution in [1.29, 1.82) is 0 Å². The summed E-state index contributed by atoms with van der Waals surface area (Å²) in [5.74, 6) is -3.72. The predicted octanol–water partition coefficient (Wildman–Crippen LogP) is 2.48. The summed E-state index contributed by atoms with van der Waals surface area (Å²) in [5, 5.41) is 50.2. The van der Waals surface area contributed by atoms with Crippen molar-refractivity contribution in [3.63, 3.8) is 0 Å². The molecule has 1 fully saturated rings. The molecule has 4 atom stereocenters. The molecule has 0 unspecified atom stereocenters. The number of nitrogens with zero attached hydrogens (tertiary/aromatic N) is 1. The SMILES string of the molecule is C/C(=C\c1ccccc1O)CC[C@@H](O)C1=C(CO)C[C@H]2C(=O)N(CCCCCC(=O)O)C(=O)[C@H]2[C@H]1CO. The number of carbonyl (C=O) groups is 3. The summed E-state index contributed by atoms with van der Waals surface area (Å²) in [7, 11) is 0. The molecule has 0 spiro atoms. The Morgan fingerprint density at radius 2 is 1.84 bits per heavy atom. The quantitative estimate of drug-likeness (QED) is 0.152. The Morgan fingerprint density at radius 1 is 1.11 bits per heavy atom. The number of imide groups is 1. The maximum Gasteiger partial charge on any atom is 0.303 e. The Bertz CT molecular complexity index is 1060. The third-order valence-electron chi connectivity index (χ3n) is 7.45. The number of benzene rings is 1. The number of fused-ring (bicyclic) bond motifs is 1. The molecule has 9 heteroatoms. The van der Waals surface area contributed by atoms with Gasteiger partial charge in [0.25, 0.3) is 0 Å². The third kappa shape index (κ3) is 6.66. The number of rotatable bonds is 13. The molecule has 1 heterocycles. The number of hydrogen-bond donors (Lipinski definition) is 5. The normalized spacial score (nSPS) is 23.0. The second kappa shape index (κ2) is 13.0. The van der Waals surface area contributed by atoms with Crippen molar-refractivity contribution in [2.75, 3.05) is 19.8 Å². The average Bonchev–Trinajstić information content (AvgIpc) is 3.11. The van der Waals surface area contributed by atoms with Crippen LogP contribution in [-0.4, -0.2) is 74.1 Å². The Labute approximate surface area is 216 Å². The molecule has 5 N–H and O–H groups in total. The number of likely N-dealkylation sites (tertiary alicyclic amines) is 1. The van der Waals surface area contributed by atoms with Crippen LogP contribution in [0.3, 0.4) is 0 Å². The van der Waals surface area contributed by atoms with Crippen LogP contribution >= 0.6 is 0 Å². The van der Waals surface area contributed by atoms with E-state index in [4.69, 9.17) is 5.11 Å². The van der Waals surface area contributed by atoms with Crippen molar-refractivity contribution in [2.45, 2.75) is 58.0 Å². The van der Waals surface area contributed by atoms with Crippen molar-refractivity contribution >= 4 is 23.9 Å². The monoisotopic (exact) mass is 515 g/mol. The molecule has 0 radical (unpaired) electrons. The number of hydrogen-bond acceptors (Lipinski definition) is 7. The number of carbonyl (C=O) groups excluding carboxylic acids is 2. The van der Waals surface area contributed by atoms with Gasteiger partial charge >= 0.3 is 5.97 Å². The van der Waals surface area contributed by atoms with Gasteiger partial charge in [-0.25, -0.2) is 0 Å². The first-order chi connectivity index (χ1) is 17.7. The van der Waals surface area contributed by atoms with Crippen molar-refractivity contribution in [3.8, 4) is 5.75 Å². The minimum atomic E-state index is -1.01. The van der Waals surface area contributed by atoms with Gasteiger partial charge < -0.3 is 25.5 Å². The highest BCUT2D eigenvalue weighted by Gasteiger charge is 2.54. The molecule has 0 aromatic heterocycles. The van der Waals surface area contributed by atoms with Crippen LogP contribution in [-0.2, 0) is 14.4 Å². The summed E-state index contributed by atoms with van der Waals surface area (Å²) in [6.45, 7) is 1.25. The zero-order valence-corrected chi connectivity index (χ0v) is 21.2. The number of aromatic hydroxyl groups is 1. The number of carboxylic acids is 1. The molecule has 1 aliphatic heterocycles. The lowest BCUT2D eigenvalue weighted by Crippen LogP contribution is -2.39. The molecule has 202 valence electrons. The van der Waals surface area contributed by atoms with E-state index in [1.165, 1.54) is 4.90 Å². The van der Waals surface area contributed by atoms with Crippen LogP contribution in [0.5, 0.6) is 5.75 Å². The van der Waals surface area contributed by atoms with E-state index in [1.807, 2.05) is 19.1 Å². The fraction of sp³-hybridized carbons (Fsp3) is 0.536. The van der Waals surface area contributed by atoms with Crippen molar-refractivity contribution in [3.05, 3.63) is 46.5 Å². The summed E-state index contributed by atoms with van der Waals surface area (Å²) < 4.78 is 0. The highest BCUT2D eigenvalue weighted by atomic mass is 16.4. The number of unbranched alkanes of at least 4 members (excludes halogenated alkanes) is 2. The van der Waals surface area contributed by atoms with Gasteiger partial charge in [-0.1, -0.05) is 36.3 Å². The Morgan fingerprint density at radius 3 is 2.49 bits per heavy atom. The smallest absolute Gasteiger partial charge is 0.303 e. The molecule has 2 amide bonds. The van der Waals surface area contributed by atoms with Gasteiger partial charge in [0.1, 0.15) is 5.75 Å². The summed E-state index contributed by atoms with van der Waals surface area (Å²) in [5.41, 5.74) is 2.50. The molecule has 1 aromatic carbocycles. The van der Waals surface area contributed by atoms with Gasteiger partial charge in [-0.15, -0.1) is 0 Å². The molecule has 2 aliphatic rings. The molecule has 37 heavy (non-hydrogen) atoms. The Kier molecular flexibility index (Phi) is 10.0. The first-order valence-electron chi connectivity index (χ1n) is 12.8. The summed E-state index contributed by atoms with van der Waals surface area (Å²) >= 11 is 0. The maximum absolute atomic E-state index is 13.3. The van der Waals surface area contributed by atoms with E-state index < -0.39 is 36.4 Å². The van der Waals surface area contributed by atoms with E-state index in [-0.39, 0.29) is 50.0 Å². The lowest BCUT2D eigenvalue weighted by Gasteiger charge is -2.36. The van der Waals surface area contributed by atoms with Crippen LogP contribution in [0.15, 0.2) is 41.0 Å². The van der Waals surface area contributed by atoms with Crippen LogP contribution in [0.1, 0.15) is 57.4 Å². The zero-order chi connectivity index (χ0) is 27.1. The predicted molar refractivity (Wildman–Crippen MR) is 136 cm³/mol. The van der Waals surface area contributed by atoms with Gasteiger partial charge in [0.15, 0.2) is 0 Å². The van der Waals surface area contributed by atoms with Crippen LogP contribution in [0.4, 0.5) is 0 Å². The first-order valence-corrected chi connectivity index (χ1v) is 12.8. The number of amides is 2. The standard InChI is InChI=1S/C28H37NO8/c1-17(13-18-7-4-5-8-22(18)32)10-11-23(33)25-19(15-30)14-20-26(21(25)16-31)28(37)29(27(20)36)12-6-2-3-9-24(34)35/h4-5,7-8,13,20-21,23,26,30-33H,2-3,6,9-12,14-16H2,1H3,(H,34,35)/b17-13+/t20-,21+,23-,26-/m1/s1. The summed E-state index contributed by atoms with van der Waals surface area (Å²) in [6, 6.07) is 6.92. The first kappa shape index (κ1) is 28.6. The van der Waals surface area contributed by atoms with Gasteiger partial charge in [-0.3, -0.25) is 19.3 Å². The molecule has 0 bridgehead atoms. The van der Waals surface area contributed by atoms with E-state index in [1.54, 1.807) is 18.2 Å². The van der Waals surface area contributed by atoms with Crippen molar-refractivity contribution in [1.82, 2.24) is 4.90 Å². The number of aliphatic hydroxyl groups excluding tert-OH is 3. The Balaban J connectivity index is 1.71. The number of phenols is 1. The van der Waals surface area contributed by atoms with Crippen molar-refractivity contribution in [2.24, 2.45) is 17.8 Å². The number of carboxylic acid groups (broad SMARTS) is 1. The van der Waals surface area contributed by atoms with E-state index in [9.17, 15) is 34.8 Å². The van der Waals surface area contributed by atoms with E-state index in [0.29, 0.717) is 42.4 Å². The number of phenolic OH excluding ortho intramolecular Hbond substituents is 1. The molecule has 1 aromatic rings. The fourth-order valence-electron chi connectivity index (χ4n) is 5.58. The number of aliphatic hydroxyl groups is 3. The lowest BCUT2D eigenvalue weighted by molar-refractivity contribution is -0.141. The minimum absolute atomic E-state index is 0.0337. The molecule has 3 rings (SSSR count). The van der Waals surface area contributed by atoms with E-state index in [2.05, 4.69) is 0 Å². The average molecular weight is 516 g/mol. The highest BCUT2D eigenvalue weighted by Crippen LogP contribution is 2.46. The van der Waals surface area contributed by atoms with E-state index >= 15 is 0 Å². The van der Waals surface area contributed by atoms with Gasteiger partial charge in [0, 0.05) is 24.4 Å². The van der Waals surface area contributed by atoms with Gasteiger partial charge in [0.2, 0.25) is 11.8 Å². The van der Waals surface area contributed by atoms with Crippen molar-refractivity contribution < 1.29 is 39.9 Å². The molecule has 0 saturated carbocycles. The number of para-hydroxylation sites is 1. The van der Waals surface area contributed by atoms with Crippen LogP contribution < -0.4 is 0 Å². The largest absolute Gasteiger partial charge is 0.507 e. The molecular weight excluding hydrogens is 478 g/mol. The fourth-order valence-corrected chi connectivity index (χ4v) is 5.58. The Hall–Kier alpha value is -3.01. The lowest BCUT2D eigenvalue weighted by atomic mass is 9.68. The maximum atomic E-state index is 13.3. The molecule has 1 aliphatic carbocycles. The van der Waals surface area contributed by atoms with Crippen LogP contribution in [0.2, 0.25) is 0 Å². The van der Waals surface area contributed by atoms with Gasteiger partial charge in [-0.2, -0.15) is 0 Å². The zero-order valence-electron chi connectivity index (χ0n) is 21.2. The number of aliphatic carboxylic acids is 1. The molecule has 1 saturated heterocycles. The molecular formula is C28H37NO8. The summed E-state index contributed by atoms with van der Waals surface area (Å²) in [6.07, 6.45) is 3.30.